The average Bonchev–Trinajstić information content (AvgIpc) is 2.78. The molecule has 172 valence electrons. The number of carbonyl (C=O) groups is 3. The number of rotatable bonds is 12. The number of carbonyl (C=O) groups excluding carboxylic acids is 3. The largest absolute Gasteiger partial charge is 0.507 e. The molecule has 1 amide bonds. The van der Waals surface area contributed by atoms with E-state index in [-0.39, 0.29) is 23.5 Å². The van der Waals surface area contributed by atoms with Crippen molar-refractivity contribution < 1.29 is 24.2 Å². The summed E-state index contributed by atoms with van der Waals surface area (Å²) in [5, 5.41) is 16.2. The molecule has 1 unspecified atom stereocenters. The molecular weight excluding hydrogens is 408 g/mol. The van der Waals surface area contributed by atoms with Crippen LogP contribution in [0.25, 0.3) is 0 Å². The van der Waals surface area contributed by atoms with E-state index in [2.05, 4.69) is 10.6 Å². The maximum Gasteiger partial charge on any atom is 0.328 e. The van der Waals surface area contributed by atoms with Crippen molar-refractivity contribution in [1.29, 1.82) is 0 Å². The van der Waals surface area contributed by atoms with Crippen molar-refractivity contribution in [3.8, 4) is 5.75 Å². The molecule has 7 heteroatoms. The van der Waals surface area contributed by atoms with Crippen LogP contribution >= 0.6 is 0 Å². The second-order valence-corrected chi connectivity index (χ2v) is 7.74. The Morgan fingerprint density at radius 2 is 1.75 bits per heavy atom. The van der Waals surface area contributed by atoms with Crippen LogP contribution in [0.3, 0.4) is 0 Å². The van der Waals surface area contributed by atoms with Crippen molar-refractivity contribution in [2.24, 2.45) is 0 Å². The minimum atomic E-state index is -0.929. The third kappa shape index (κ3) is 7.20. The third-order valence-corrected chi connectivity index (χ3v) is 5.29. The van der Waals surface area contributed by atoms with Crippen molar-refractivity contribution in [3.63, 3.8) is 0 Å². The molecule has 0 aliphatic carbocycles. The zero-order valence-corrected chi connectivity index (χ0v) is 18.9. The first-order valence-electron chi connectivity index (χ1n) is 10.8. The predicted molar refractivity (Wildman–Crippen MR) is 123 cm³/mol. The number of unbranched alkanes of at least 4 members (excludes halogenated alkanes) is 2. The van der Waals surface area contributed by atoms with Gasteiger partial charge in [-0.3, -0.25) is 9.59 Å². The fourth-order valence-corrected chi connectivity index (χ4v) is 3.56. The summed E-state index contributed by atoms with van der Waals surface area (Å²) in [4.78, 5) is 37.3. The fourth-order valence-electron chi connectivity index (χ4n) is 3.56. The minimum absolute atomic E-state index is 0.0453. The number of phenolic OH excluding ortho intramolecular Hbond substituents is 1. The second-order valence-electron chi connectivity index (χ2n) is 7.74. The van der Waals surface area contributed by atoms with Crippen LogP contribution in [0, 0.1) is 0 Å². The van der Waals surface area contributed by atoms with Crippen molar-refractivity contribution >= 4 is 17.7 Å². The molecule has 2 rings (SSSR count). The molecule has 3 N–H and O–H groups in total. The van der Waals surface area contributed by atoms with Crippen LogP contribution in [0.2, 0.25) is 0 Å². The number of benzene rings is 2. The molecular formula is C25H32N2O5. The van der Waals surface area contributed by atoms with E-state index >= 15 is 0 Å². The molecule has 0 heterocycles. The van der Waals surface area contributed by atoms with Gasteiger partial charge in [0.25, 0.3) is 5.91 Å². The Morgan fingerprint density at radius 1 is 1.03 bits per heavy atom. The summed E-state index contributed by atoms with van der Waals surface area (Å²) < 4.78 is 4.83. The van der Waals surface area contributed by atoms with Gasteiger partial charge < -0.3 is 20.5 Å². The van der Waals surface area contributed by atoms with E-state index in [9.17, 15) is 19.5 Å². The lowest BCUT2D eigenvalue weighted by atomic mass is 9.95. The zero-order valence-electron chi connectivity index (χ0n) is 18.9. The number of hydrogen-bond donors (Lipinski definition) is 3. The van der Waals surface area contributed by atoms with E-state index in [4.69, 9.17) is 4.74 Å². The first-order valence-corrected chi connectivity index (χ1v) is 10.8. The SMILES string of the molecule is CNCCCCCc1cc(O)c(C(=O)NC(Cc2ccccc2)C(=O)OC)cc1C(C)=O. The van der Waals surface area contributed by atoms with E-state index in [0.29, 0.717) is 17.5 Å². The Labute approximate surface area is 189 Å². The van der Waals surface area contributed by atoms with Gasteiger partial charge in [0.05, 0.1) is 12.7 Å². The summed E-state index contributed by atoms with van der Waals surface area (Å²) in [6.07, 6.45) is 3.75. The van der Waals surface area contributed by atoms with Crippen LogP contribution in [0.5, 0.6) is 5.75 Å². The van der Waals surface area contributed by atoms with E-state index in [1.807, 2.05) is 37.4 Å². The van der Waals surface area contributed by atoms with Gasteiger partial charge in [-0.1, -0.05) is 36.8 Å². The predicted octanol–water partition coefficient (Wildman–Crippen LogP) is 3.04. The summed E-state index contributed by atoms with van der Waals surface area (Å²) in [6.45, 7) is 2.36. The topological polar surface area (TPSA) is 105 Å². The third-order valence-electron chi connectivity index (χ3n) is 5.29. The average molecular weight is 441 g/mol. The van der Waals surface area contributed by atoms with Gasteiger partial charge >= 0.3 is 5.97 Å². The lowest BCUT2D eigenvalue weighted by Gasteiger charge is -2.18. The van der Waals surface area contributed by atoms with Gasteiger partial charge in [0.2, 0.25) is 0 Å². The number of ketones is 1. The number of amides is 1. The molecule has 2 aromatic rings. The number of ether oxygens (including phenoxy) is 1. The van der Waals surface area contributed by atoms with Crippen LogP contribution < -0.4 is 10.6 Å². The van der Waals surface area contributed by atoms with Gasteiger partial charge in [0.15, 0.2) is 5.78 Å². The number of Topliss-reactive ketones (excluding diaryl/α,β-unsaturated/α-hetero) is 1. The standard InChI is InChI=1S/C25H32N2O5/c1-17(28)20-16-21(23(29)15-19(20)12-8-5-9-13-26-2)24(30)27-22(25(31)32-3)14-18-10-6-4-7-11-18/h4,6-7,10-11,15-16,22,26,29H,5,8-9,12-14H2,1-3H3,(H,27,30). The zero-order chi connectivity index (χ0) is 23.5. The van der Waals surface area contributed by atoms with E-state index < -0.39 is 17.9 Å². The van der Waals surface area contributed by atoms with E-state index in [0.717, 1.165) is 31.4 Å². The summed E-state index contributed by atoms with van der Waals surface area (Å²) in [5.41, 5.74) is 1.92. The first kappa shape index (κ1) is 25.1. The molecule has 2 aromatic carbocycles. The highest BCUT2D eigenvalue weighted by Crippen LogP contribution is 2.25. The van der Waals surface area contributed by atoms with Gasteiger partial charge in [-0.15, -0.1) is 0 Å². The van der Waals surface area contributed by atoms with Crippen molar-refractivity contribution in [3.05, 3.63) is 64.7 Å². The number of phenols is 1. The molecule has 0 spiro atoms. The normalized spacial score (nSPS) is 11.6. The van der Waals surface area contributed by atoms with E-state index in [1.165, 1.54) is 26.2 Å². The fraction of sp³-hybridized carbons (Fsp3) is 0.400. The molecule has 0 fully saturated rings. The molecule has 7 nitrogen and oxygen atoms in total. The maximum atomic E-state index is 12.9. The molecule has 0 saturated heterocycles. The molecule has 0 aliphatic heterocycles. The molecule has 1 atom stereocenters. The maximum absolute atomic E-state index is 12.9. The quantitative estimate of drug-likeness (QED) is 0.266. The molecule has 0 bridgehead atoms. The van der Waals surface area contributed by atoms with Crippen molar-refractivity contribution in [2.75, 3.05) is 20.7 Å². The highest BCUT2D eigenvalue weighted by Gasteiger charge is 2.25. The van der Waals surface area contributed by atoms with Crippen molar-refractivity contribution in [2.45, 2.75) is 45.1 Å². The summed E-state index contributed by atoms with van der Waals surface area (Å²) >= 11 is 0. The summed E-state index contributed by atoms with van der Waals surface area (Å²) in [5.74, 6) is -1.64. The van der Waals surface area contributed by atoms with Crippen LogP contribution in [-0.4, -0.2) is 49.5 Å². The van der Waals surface area contributed by atoms with E-state index in [1.54, 1.807) is 0 Å². The number of nitrogens with one attached hydrogen (secondary N) is 2. The molecule has 0 aliphatic rings. The summed E-state index contributed by atoms with van der Waals surface area (Å²) in [6, 6.07) is 11.2. The van der Waals surface area contributed by atoms with Gasteiger partial charge in [-0.2, -0.15) is 0 Å². The Morgan fingerprint density at radius 3 is 2.38 bits per heavy atom. The van der Waals surface area contributed by atoms with Crippen LogP contribution in [0.4, 0.5) is 0 Å². The minimum Gasteiger partial charge on any atom is -0.507 e. The van der Waals surface area contributed by atoms with Crippen molar-refractivity contribution in [1.82, 2.24) is 10.6 Å². The smallest absolute Gasteiger partial charge is 0.328 e. The molecule has 0 radical (unpaired) electrons. The number of esters is 1. The molecule has 0 saturated carbocycles. The number of hydrogen-bond acceptors (Lipinski definition) is 6. The Balaban J connectivity index is 2.20. The van der Waals surface area contributed by atoms with Gasteiger partial charge in [0.1, 0.15) is 11.8 Å². The van der Waals surface area contributed by atoms with Gasteiger partial charge in [0, 0.05) is 12.0 Å². The van der Waals surface area contributed by atoms with Crippen LogP contribution in [0.1, 0.15) is 58.0 Å². The Bertz CT molecular complexity index is 927. The molecule has 0 aromatic heterocycles. The van der Waals surface area contributed by atoms with Gasteiger partial charge in [-0.05, 0) is 63.0 Å². The molecule has 32 heavy (non-hydrogen) atoms. The van der Waals surface area contributed by atoms with Crippen LogP contribution in [0.15, 0.2) is 42.5 Å². The lowest BCUT2D eigenvalue weighted by Crippen LogP contribution is -2.43. The van der Waals surface area contributed by atoms with Gasteiger partial charge in [-0.25, -0.2) is 4.79 Å². The highest BCUT2D eigenvalue weighted by atomic mass is 16.5. The number of aromatic hydroxyl groups is 1. The second kappa shape index (κ2) is 12.6. The number of methoxy groups -OCH3 is 1. The monoisotopic (exact) mass is 440 g/mol. The Kier molecular flexibility index (Phi) is 9.88. The van der Waals surface area contributed by atoms with Crippen LogP contribution in [-0.2, 0) is 22.4 Å². The number of aryl methyl sites for hydroxylation is 1. The lowest BCUT2D eigenvalue weighted by molar-refractivity contribution is -0.142. The highest BCUT2D eigenvalue weighted by molar-refractivity contribution is 6.03. The summed E-state index contributed by atoms with van der Waals surface area (Å²) in [7, 11) is 3.16. The Hall–Kier alpha value is -3.19. The first-order chi connectivity index (χ1) is 15.4.